The van der Waals surface area contributed by atoms with Crippen LogP contribution in [0.15, 0.2) is 18.2 Å². The fourth-order valence-corrected chi connectivity index (χ4v) is 1.93. The van der Waals surface area contributed by atoms with E-state index in [2.05, 4.69) is 11.8 Å². The Morgan fingerprint density at radius 2 is 1.94 bits per heavy atom. The Morgan fingerprint density at radius 1 is 1.28 bits per heavy atom. The molecular weight excluding hydrogens is 228 g/mol. The minimum atomic E-state index is -0.146. The van der Waals surface area contributed by atoms with Crippen LogP contribution in [0.25, 0.3) is 0 Å². The van der Waals surface area contributed by atoms with E-state index in [-0.39, 0.29) is 31.2 Å². The Hall–Kier alpha value is -2.12. The standard InChI is InChI=1S/C14H14N2O2/c1-10-4-5-11(3-2-8-15)9-12(10)16-13(17)6-7-14(16)18/h4-5,9H,6-8,15H2,1H3. The number of amides is 2. The summed E-state index contributed by atoms with van der Waals surface area (Å²) in [6.45, 7) is 2.15. The average Bonchev–Trinajstić information content (AvgIpc) is 2.68. The van der Waals surface area contributed by atoms with Gasteiger partial charge in [-0.2, -0.15) is 0 Å². The lowest BCUT2D eigenvalue weighted by atomic mass is 10.1. The zero-order chi connectivity index (χ0) is 13.1. The van der Waals surface area contributed by atoms with E-state index in [4.69, 9.17) is 5.73 Å². The predicted octanol–water partition coefficient (Wildman–Crippen LogP) is 0.959. The summed E-state index contributed by atoms with van der Waals surface area (Å²) in [6, 6.07) is 5.47. The molecule has 0 radical (unpaired) electrons. The number of benzene rings is 1. The smallest absolute Gasteiger partial charge is 0.234 e. The minimum Gasteiger partial charge on any atom is -0.320 e. The van der Waals surface area contributed by atoms with Gasteiger partial charge in [-0.25, -0.2) is 0 Å². The molecule has 92 valence electrons. The summed E-state index contributed by atoms with van der Waals surface area (Å²) >= 11 is 0. The first-order valence-corrected chi connectivity index (χ1v) is 5.79. The molecule has 4 heteroatoms. The molecule has 1 saturated heterocycles. The molecule has 1 heterocycles. The number of rotatable bonds is 1. The van der Waals surface area contributed by atoms with Crippen LogP contribution in [0.5, 0.6) is 0 Å². The van der Waals surface area contributed by atoms with Crippen molar-refractivity contribution < 1.29 is 9.59 Å². The van der Waals surface area contributed by atoms with Gasteiger partial charge in [-0.05, 0) is 24.6 Å². The molecule has 0 bridgehead atoms. The van der Waals surface area contributed by atoms with E-state index >= 15 is 0 Å². The topological polar surface area (TPSA) is 63.4 Å². The Bertz CT molecular complexity index is 551. The van der Waals surface area contributed by atoms with Crippen LogP contribution in [-0.2, 0) is 9.59 Å². The Morgan fingerprint density at radius 3 is 2.56 bits per heavy atom. The van der Waals surface area contributed by atoms with Crippen molar-refractivity contribution in [3.05, 3.63) is 29.3 Å². The second-order valence-corrected chi connectivity index (χ2v) is 4.13. The van der Waals surface area contributed by atoms with Crippen LogP contribution in [0.3, 0.4) is 0 Å². The number of aryl methyl sites for hydroxylation is 1. The number of carbonyl (C=O) groups excluding carboxylic acids is 2. The molecule has 1 fully saturated rings. The molecular formula is C14H14N2O2. The fraction of sp³-hybridized carbons (Fsp3) is 0.286. The summed E-state index contributed by atoms with van der Waals surface area (Å²) < 4.78 is 0. The summed E-state index contributed by atoms with van der Waals surface area (Å²) in [4.78, 5) is 24.7. The zero-order valence-corrected chi connectivity index (χ0v) is 10.2. The highest BCUT2D eigenvalue weighted by Crippen LogP contribution is 2.26. The predicted molar refractivity (Wildman–Crippen MR) is 68.8 cm³/mol. The van der Waals surface area contributed by atoms with E-state index in [0.29, 0.717) is 5.69 Å². The lowest BCUT2D eigenvalue weighted by Gasteiger charge is -2.16. The first kappa shape index (κ1) is 12.3. The monoisotopic (exact) mass is 242 g/mol. The van der Waals surface area contributed by atoms with E-state index in [0.717, 1.165) is 11.1 Å². The molecule has 1 aromatic carbocycles. The summed E-state index contributed by atoms with van der Waals surface area (Å²) in [6.07, 6.45) is 0.577. The fourth-order valence-electron chi connectivity index (χ4n) is 1.93. The number of anilines is 1. The first-order valence-electron chi connectivity index (χ1n) is 5.79. The first-order chi connectivity index (χ1) is 8.63. The SMILES string of the molecule is Cc1ccc(C#CCN)cc1N1C(=O)CCC1=O. The highest BCUT2D eigenvalue weighted by atomic mass is 16.2. The van der Waals surface area contributed by atoms with Gasteiger partial charge in [0.1, 0.15) is 0 Å². The van der Waals surface area contributed by atoms with E-state index in [1.54, 1.807) is 6.07 Å². The highest BCUT2D eigenvalue weighted by Gasteiger charge is 2.31. The highest BCUT2D eigenvalue weighted by molar-refractivity contribution is 6.20. The summed E-state index contributed by atoms with van der Waals surface area (Å²) in [5, 5.41) is 0. The van der Waals surface area contributed by atoms with Gasteiger partial charge >= 0.3 is 0 Å². The van der Waals surface area contributed by atoms with Gasteiger partial charge in [0.15, 0.2) is 0 Å². The minimum absolute atomic E-state index is 0.146. The molecule has 2 rings (SSSR count). The van der Waals surface area contributed by atoms with Crippen molar-refractivity contribution in [1.82, 2.24) is 0 Å². The Balaban J connectivity index is 2.43. The van der Waals surface area contributed by atoms with E-state index in [1.165, 1.54) is 4.90 Å². The third kappa shape index (κ3) is 2.27. The second kappa shape index (κ2) is 5.03. The number of imide groups is 1. The van der Waals surface area contributed by atoms with Crippen molar-refractivity contribution in [1.29, 1.82) is 0 Å². The molecule has 1 aromatic rings. The van der Waals surface area contributed by atoms with Crippen molar-refractivity contribution in [3.8, 4) is 11.8 Å². The molecule has 0 aliphatic carbocycles. The quantitative estimate of drug-likeness (QED) is 0.589. The maximum atomic E-state index is 11.7. The van der Waals surface area contributed by atoms with Crippen molar-refractivity contribution in [2.75, 3.05) is 11.4 Å². The van der Waals surface area contributed by atoms with Gasteiger partial charge in [0, 0.05) is 18.4 Å². The third-order valence-corrected chi connectivity index (χ3v) is 2.84. The van der Waals surface area contributed by atoms with Crippen molar-refractivity contribution in [2.45, 2.75) is 19.8 Å². The molecule has 18 heavy (non-hydrogen) atoms. The van der Waals surface area contributed by atoms with Crippen LogP contribution < -0.4 is 10.6 Å². The number of nitrogens with zero attached hydrogens (tertiary/aromatic N) is 1. The summed E-state index contributed by atoms with van der Waals surface area (Å²) in [7, 11) is 0. The van der Waals surface area contributed by atoms with Gasteiger partial charge in [0.2, 0.25) is 11.8 Å². The molecule has 0 saturated carbocycles. The Labute approximate surface area is 106 Å². The molecule has 4 nitrogen and oxygen atoms in total. The van der Waals surface area contributed by atoms with Crippen molar-refractivity contribution >= 4 is 17.5 Å². The third-order valence-electron chi connectivity index (χ3n) is 2.84. The van der Waals surface area contributed by atoms with E-state index < -0.39 is 0 Å². The normalized spacial score (nSPS) is 14.7. The van der Waals surface area contributed by atoms with Crippen LogP contribution in [0.4, 0.5) is 5.69 Å². The molecule has 0 atom stereocenters. The van der Waals surface area contributed by atoms with Crippen molar-refractivity contribution in [3.63, 3.8) is 0 Å². The number of hydrogen-bond acceptors (Lipinski definition) is 3. The van der Waals surface area contributed by atoms with Gasteiger partial charge in [-0.3, -0.25) is 14.5 Å². The number of nitrogens with two attached hydrogens (primary N) is 1. The van der Waals surface area contributed by atoms with E-state index in [9.17, 15) is 9.59 Å². The van der Waals surface area contributed by atoms with E-state index in [1.807, 2.05) is 19.1 Å². The number of carbonyl (C=O) groups is 2. The Kier molecular flexibility index (Phi) is 3.45. The molecule has 0 spiro atoms. The maximum absolute atomic E-state index is 11.7. The maximum Gasteiger partial charge on any atom is 0.234 e. The number of hydrogen-bond donors (Lipinski definition) is 1. The van der Waals surface area contributed by atoms with Crippen molar-refractivity contribution in [2.24, 2.45) is 5.73 Å². The molecule has 2 N–H and O–H groups in total. The molecule has 0 unspecified atom stereocenters. The largest absolute Gasteiger partial charge is 0.320 e. The summed E-state index contributed by atoms with van der Waals surface area (Å²) in [5.74, 6) is 5.36. The van der Waals surface area contributed by atoms with Crippen LogP contribution >= 0.6 is 0 Å². The van der Waals surface area contributed by atoms with Gasteiger partial charge < -0.3 is 5.73 Å². The van der Waals surface area contributed by atoms with Gasteiger partial charge in [-0.1, -0.05) is 17.9 Å². The molecule has 1 aliphatic heterocycles. The van der Waals surface area contributed by atoms with Gasteiger partial charge in [0.25, 0.3) is 0 Å². The lowest BCUT2D eigenvalue weighted by molar-refractivity contribution is -0.121. The zero-order valence-electron chi connectivity index (χ0n) is 10.2. The summed E-state index contributed by atoms with van der Waals surface area (Å²) in [5.41, 5.74) is 7.59. The van der Waals surface area contributed by atoms with Crippen LogP contribution in [0.2, 0.25) is 0 Å². The van der Waals surface area contributed by atoms with Crippen LogP contribution in [-0.4, -0.2) is 18.4 Å². The molecule has 2 amide bonds. The lowest BCUT2D eigenvalue weighted by Crippen LogP contribution is -2.29. The second-order valence-electron chi connectivity index (χ2n) is 4.13. The average molecular weight is 242 g/mol. The van der Waals surface area contributed by atoms with Gasteiger partial charge in [-0.15, -0.1) is 0 Å². The van der Waals surface area contributed by atoms with Crippen LogP contribution in [0.1, 0.15) is 24.0 Å². The van der Waals surface area contributed by atoms with Crippen LogP contribution in [0, 0.1) is 18.8 Å². The van der Waals surface area contributed by atoms with Gasteiger partial charge in [0.05, 0.1) is 12.2 Å². The molecule has 0 aromatic heterocycles. The molecule has 1 aliphatic rings.